The number of ether oxygens (including phenoxy) is 1. The molecule has 4 aromatic carbocycles. The number of piperidine rings is 3. The molecule has 4 aliphatic rings. The number of anilines is 1. The van der Waals surface area contributed by atoms with Gasteiger partial charge in [-0.05, 0) is 97.7 Å². The minimum absolute atomic E-state index is 0.00855. The Balaban J connectivity index is 1.03. The fraction of sp³-hybridized carbons (Fsp3) is 0.359. The van der Waals surface area contributed by atoms with Gasteiger partial charge >= 0.3 is 0 Å². The molecule has 4 aromatic rings. The average Bonchev–Trinajstić information content (AvgIpc) is 3.09. The van der Waals surface area contributed by atoms with Crippen molar-refractivity contribution in [1.29, 1.82) is 0 Å². The molecule has 1 amide bonds. The number of nitrogens with zero attached hydrogens (tertiary/aromatic N) is 2. The summed E-state index contributed by atoms with van der Waals surface area (Å²) in [5.74, 6) is -0.0493. The summed E-state index contributed by atoms with van der Waals surface area (Å²) in [5.41, 5.74) is 4.04. The molecule has 0 aliphatic carbocycles. The highest BCUT2D eigenvalue weighted by Crippen LogP contribution is 2.49. The van der Waals surface area contributed by atoms with E-state index < -0.39 is 23.9 Å². The van der Waals surface area contributed by atoms with E-state index in [1.165, 1.54) is 85.3 Å². The molecule has 8 heteroatoms. The van der Waals surface area contributed by atoms with Crippen LogP contribution in [-0.2, 0) is 17.9 Å². The topological polar surface area (TPSA) is 70.0 Å². The van der Waals surface area contributed by atoms with E-state index in [1.54, 1.807) is 35.2 Å². The van der Waals surface area contributed by atoms with Crippen LogP contribution in [0.1, 0.15) is 66.5 Å². The molecule has 47 heavy (non-hydrogen) atoms. The maximum atomic E-state index is 13.7. The normalized spacial score (nSPS) is 24.2. The predicted octanol–water partition coefficient (Wildman–Crippen LogP) is 7.60. The quantitative estimate of drug-likeness (QED) is 0.131. The summed E-state index contributed by atoms with van der Waals surface area (Å²) in [4.78, 5) is 15.0. The Hall–Kier alpha value is -4.27. The minimum Gasteiger partial charge on any atom is -0.507 e. The molecule has 0 aromatic heterocycles. The van der Waals surface area contributed by atoms with Gasteiger partial charge in [0.1, 0.15) is 36.3 Å². The Morgan fingerprint density at radius 2 is 1.45 bits per heavy atom. The highest BCUT2D eigenvalue weighted by molar-refractivity contribution is 6.03. The molecule has 4 saturated heterocycles. The first-order chi connectivity index (χ1) is 22.8. The van der Waals surface area contributed by atoms with Crippen LogP contribution in [0.5, 0.6) is 11.5 Å². The van der Waals surface area contributed by atoms with E-state index in [1.807, 2.05) is 0 Å². The van der Waals surface area contributed by atoms with Crippen molar-refractivity contribution >= 4 is 11.6 Å². The third-order valence-corrected chi connectivity index (χ3v) is 10.6. The number of aliphatic hydroxyl groups excluding tert-OH is 1. The van der Waals surface area contributed by atoms with Crippen molar-refractivity contribution in [2.75, 3.05) is 24.5 Å². The molecule has 244 valence electrons. The number of quaternary nitrogens is 1. The highest BCUT2D eigenvalue weighted by Gasteiger charge is 2.49. The van der Waals surface area contributed by atoms with Crippen LogP contribution in [0, 0.1) is 23.5 Å². The van der Waals surface area contributed by atoms with E-state index in [2.05, 4.69) is 24.3 Å². The number of hydrogen-bond acceptors (Lipinski definition) is 4. The Morgan fingerprint density at radius 3 is 2.09 bits per heavy atom. The Bertz CT molecular complexity index is 1690. The number of amides is 1. The van der Waals surface area contributed by atoms with Gasteiger partial charge in [-0.15, -0.1) is 0 Å². The van der Waals surface area contributed by atoms with E-state index in [9.17, 15) is 23.8 Å². The third-order valence-electron chi connectivity index (χ3n) is 10.6. The van der Waals surface area contributed by atoms with E-state index >= 15 is 0 Å². The lowest BCUT2D eigenvalue weighted by Crippen LogP contribution is -2.57. The zero-order valence-corrected chi connectivity index (χ0v) is 26.4. The van der Waals surface area contributed by atoms with Crippen LogP contribution >= 0.6 is 0 Å². The van der Waals surface area contributed by atoms with Crippen molar-refractivity contribution in [3.05, 3.63) is 125 Å². The number of β-lactam (4-membered cyclic amide) rings is 1. The second-order valence-corrected chi connectivity index (χ2v) is 13.6. The molecule has 0 saturated carbocycles. The number of rotatable bonds is 11. The van der Waals surface area contributed by atoms with Crippen molar-refractivity contribution in [2.45, 2.75) is 57.4 Å². The van der Waals surface area contributed by atoms with Crippen LogP contribution in [0.3, 0.4) is 0 Å². The summed E-state index contributed by atoms with van der Waals surface area (Å²) in [6.45, 7) is 5.33. The molecule has 0 radical (unpaired) electrons. The molecular formula is C39H41F2N2O4+. The molecule has 0 unspecified atom stereocenters. The van der Waals surface area contributed by atoms with Crippen LogP contribution in [0.15, 0.2) is 91.0 Å². The van der Waals surface area contributed by atoms with Gasteiger partial charge in [-0.2, -0.15) is 0 Å². The molecule has 8 rings (SSSR count). The minimum atomic E-state index is -0.872. The molecule has 6 nitrogen and oxygen atoms in total. The van der Waals surface area contributed by atoms with E-state index in [-0.39, 0.29) is 23.9 Å². The van der Waals surface area contributed by atoms with Gasteiger partial charge in [-0.3, -0.25) is 4.79 Å². The molecule has 2 bridgehead atoms. The Labute approximate surface area is 274 Å². The lowest BCUT2D eigenvalue weighted by atomic mass is 9.78. The summed E-state index contributed by atoms with van der Waals surface area (Å²) < 4.78 is 34.4. The third kappa shape index (κ3) is 6.62. The molecule has 2 N–H and O–H groups in total. The van der Waals surface area contributed by atoms with E-state index in [4.69, 9.17) is 4.74 Å². The van der Waals surface area contributed by atoms with Crippen LogP contribution in [0.4, 0.5) is 14.5 Å². The number of hydrogen-bond donors (Lipinski definition) is 2. The first-order valence-electron chi connectivity index (χ1n) is 16.7. The zero-order chi connectivity index (χ0) is 32.5. The molecule has 3 atom stereocenters. The van der Waals surface area contributed by atoms with Gasteiger partial charge in [-0.1, -0.05) is 36.4 Å². The monoisotopic (exact) mass is 639 g/mol. The van der Waals surface area contributed by atoms with Gasteiger partial charge in [0, 0.05) is 22.9 Å². The second-order valence-electron chi connectivity index (χ2n) is 13.6. The molecule has 0 spiro atoms. The van der Waals surface area contributed by atoms with Crippen LogP contribution in [-0.4, -0.2) is 40.2 Å². The number of fused-ring (bicyclic) bond motifs is 3. The van der Waals surface area contributed by atoms with Gasteiger partial charge in [0.05, 0.1) is 37.7 Å². The summed E-state index contributed by atoms with van der Waals surface area (Å²) in [6, 6.07) is 24.6. The van der Waals surface area contributed by atoms with Crippen molar-refractivity contribution in [3.63, 3.8) is 0 Å². The highest BCUT2D eigenvalue weighted by atomic mass is 19.1. The van der Waals surface area contributed by atoms with Gasteiger partial charge in [0.25, 0.3) is 0 Å². The number of benzene rings is 4. The van der Waals surface area contributed by atoms with E-state index in [0.29, 0.717) is 35.6 Å². The number of carbonyl (C=O) groups is 1. The van der Waals surface area contributed by atoms with Gasteiger partial charge in [-0.25, -0.2) is 8.78 Å². The van der Waals surface area contributed by atoms with Gasteiger partial charge < -0.3 is 24.3 Å². The SMILES string of the molecule is O=C1[C@H](CC[C@H](O)c2ccc(F)cc2)[C@@H](c2ccc(OCc3ccc(C[N+]45CCC(CC4)CC5)cc3)cc2O)N1c1ccc(F)cc1. The predicted molar refractivity (Wildman–Crippen MR) is 175 cm³/mol. The maximum absolute atomic E-state index is 13.7. The summed E-state index contributed by atoms with van der Waals surface area (Å²) >= 11 is 0. The van der Waals surface area contributed by atoms with Crippen molar-refractivity contribution in [3.8, 4) is 11.5 Å². The standard InChI is InChI=1S/C39H40F2N2O4/c40-30-7-5-29(6-8-30)36(44)16-15-35-38(42(39(35)46)32-11-9-31(41)10-12-32)34-14-13-33(23-37(34)45)47-25-28-3-1-27(2-4-28)24-43-20-17-26(18-21-43)19-22-43/h1-14,23,26,35-36,38,44H,15-22,24-25H2/p+1/t26?,35-,36+,38-,43?/m1/s1. The number of aliphatic hydroxyl groups is 1. The average molecular weight is 640 g/mol. The van der Waals surface area contributed by atoms with Crippen molar-refractivity contribution < 1.29 is 33.0 Å². The zero-order valence-electron chi connectivity index (χ0n) is 26.4. The second kappa shape index (κ2) is 13.1. The number of aromatic hydroxyl groups is 1. The first-order valence-corrected chi connectivity index (χ1v) is 16.7. The lowest BCUT2D eigenvalue weighted by Gasteiger charge is -2.49. The lowest BCUT2D eigenvalue weighted by molar-refractivity contribution is -0.955. The fourth-order valence-electron chi connectivity index (χ4n) is 7.80. The fourth-order valence-corrected chi connectivity index (χ4v) is 7.80. The summed E-state index contributed by atoms with van der Waals surface area (Å²) in [7, 11) is 0. The van der Waals surface area contributed by atoms with E-state index in [0.717, 1.165) is 18.0 Å². The summed E-state index contributed by atoms with van der Waals surface area (Å²) in [6.07, 6.45) is 3.83. The van der Waals surface area contributed by atoms with Gasteiger partial charge in [0.2, 0.25) is 5.91 Å². The Morgan fingerprint density at radius 1 is 0.830 bits per heavy atom. The van der Waals surface area contributed by atoms with Crippen LogP contribution in [0.25, 0.3) is 0 Å². The maximum Gasteiger partial charge on any atom is 0.233 e. The summed E-state index contributed by atoms with van der Waals surface area (Å²) in [5, 5.41) is 21.9. The van der Waals surface area contributed by atoms with Crippen LogP contribution in [0.2, 0.25) is 0 Å². The largest absolute Gasteiger partial charge is 0.507 e. The molecule has 4 heterocycles. The number of phenols is 1. The van der Waals surface area contributed by atoms with Crippen molar-refractivity contribution in [2.24, 2.45) is 11.8 Å². The molecule has 4 fully saturated rings. The molecule has 4 aliphatic heterocycles. The smallest absolute Gasteiger partial charge is 0.233 e. The van der Waals surface area contributed by atoms with Crippen molar-refractivity contribution in [1.82, 2.24) is 0 Å². The van der Waals surface area contributed by atoms with Gasteiger partial charge in [0.15, 0.2) is 0 Å². The number of halogens is 2. The number of carbonyl (C=O) groups excluding carboxylic acids is 1. The number of phenolic OH excluding ortho intramolecular Hbond substituents is 1. The van der Waals surface area contributed by atoms with Crippen LogP contribution < -0.4 is 9.64 Å². The first kappa shape index (κ1) is 31.3. The Kier molecular flexibility index (Phi) is 8.73. The molecular weight excluding hydrogens is 598 g/mol.